The predicted molar refractivity (Wildman–Crippen MR) is 63.3 cm³/mol. The Hall–Kier alpha value is -1.16. The van der Waals surface area contributed by atoms with Crippen LogP contribution in [0.15, 0.2) is 12.2 Å². The summed E-state index contributed by atoms with van der Waals surface area (Å²) in [4.78, 5) is 22.0. The fourth-order valence-electron chi connectivity index (χ4n) is 2.03. The van der Waals surface area contributed by atoms with Crippen molar-refractivity contribution in [1.82, 2.24) is 0 Å². The third-order valence-corrected chi connectivity index (χ3v) is 2.93. The van der Waals surface area contributed by atoms with Gasteiger partial charge >= 0.3 is 5.97 Å². The lowest BCUT2D eigenvalue weighted by Gasteiger charge is -2.28. The number of carbonyl (C=O) groups is 2. The maximum atomic E-state index is 11.3. The molecule has 0 heterocycles. The highest BCUT2D eigenvalue weighted by molar-refractivity contribution is 5.82. The van der Waals surface area contributed by atoms with Crippen LogP contribution in [-0.2, 0) is 14.3 Å². The number of ether oxygens (including phenoxy) is 1. The summed E-state index contributed by atoms with van der Waals surface area (Å²) in [6.45, 7) is 3.59. The third kappa shape index (κ3) is 4.69. The van der Waals surface area contributed by atoms with Gasteiger partial charge in [0.2, 0.25) is 0 Å². The molecule has 0 aromatic heterocycles. The number of hydrogen-bond donors (Lipinski definition) is 1. The number of rotatable bonds is 4. The van der Waals surface area contributed by atoms with Gasteiger partial charge in [0.25, 0.3) is 0 Å². The normalized spacial score (nSPS) is 29.5. The van der Waals surface area contributed by atoms with Crippen LogP contribution >= 0.6 is 0 Å². The SMILES string of the molecule is CC(C)OC(=O)/C=C/C1CCC(O)C(C=O)C1. The molecule has 17 heavy (non-hydrogen) atoms. The van der Waals surface area contributed by atoms with E-state index in [1.807, 2.05) is 0 Å². The molecule has 0 amide bonds. The van der Waals surface area contributed by atoms with Crippen molar-refractivity contribution in [2.45, 2.75) is 45.3 Å². The zero-order chi connectivity index (χ0) is 12.8. The summed E-state index contributed by atoms with van der Waals surface area (Å²) in [7, 11) is 0. The molecular weight excluding hydrogens is 220 g/mol. The molecule has 4 nitrogen and oxygen atoms in total. The fraction of sp³-hybridized carbons (Fsp3) is 0.692. The van der Waals surface area contributed by atoms with E-state index in [4.69, 9.17) is 4.74 Å². The second kappa shape index (κ2) is 6.55. The van der Waals surface area contributed by atoms with E-state index in [0.29, 0.717) is 12.8 Å². The van der Waals surface area contributed by atoms with Gasteiger partial charge in [0.1, 0.15) is 6.29 Å². The molecule has 3 atom stereocenters. The van der Waals surface area contributed by atoms with Crippen LogP contribution in [0.5, 0.6) is 0 Å². The number of hydrogen-bond acceptors (Lipinski definition) is 4. The van der Waals surface area contributed by atoms with Gasteiger partial charge in [-0.1, -0.05) is 6.08 Å². The lowest BCUT2D eigenvalue weighted by Crippen LogP contribution is -2.29. The standard InChI is InChI=1S/C13H20O4/c1-9(2)17-13(16)6-4-10-3-5-12(15)11(7-10)8-14/h4,6,8-12,15H,3,5,7H2,1-2H3/b6-4+. The molecule has 0 aromatic rings. The molecule has 1 saturated carbocycles. The zero-order valence-electron chi connectivity index (χ0n) is 10.3. The van der Waals surface area contributed by atoms with E-state index in [1.54, 1.807) is 19.9 Å². The van der Waals surface area contributed by atoms with Crippen LogP contribution in [0.1, 0.15) is 33.1 Å². The predicted octanol–water partition coefficient (Wildman–Crippen LogP) is 1.47. The summed E-state index contributed by atoms with van der Waals surface area (Å²) in [5.74, 6) is -0.485. The van der Waals surface area contributed by atoms with E-state index in [2.05, 4.69) is 0 Å². The van der Waals surface area contributed by atoms with Gasteiger partial charge in [-0.3, -0.25) is 0 Å². The van der Waals surface area contributed by atoms with E-state index < -0.39 is 6.10 Å². The van der Waals surface area contributed by atoms with Crippen molar-refractivity contribution in [2.75, 3.05) is 0 Å². The molecule has 1 aliphatic rings. The first-order valence-corrected chi connectivity index (χ1v) is 6.05. The van der Waals surface area contributed by atoms with Crippen LogP contribution in [0.2, 0.25) is 0 Å². The van der Waals surface area contributed by atoms with Gasteiger partial charge < -0.3 is 14.6 Å². The van der Waals surface area contributed by atoms with Crippen molar-refractivity contribution < 1.29 is 19.4 Å². The van der Waals surface area contributed by atoms with Crippen LogP contribution in [0.4, 0.5) is 0 Å². The van der Waals surface area contributed by atoms with Crippen LogP contribution in [0.3, 0.4) is 0 Å². The first-order chi connectivity index (χ1) is 8.02. The van der Waals surface area contributed by atoms with Gasteiger partial charge in [0.15, 0.2) is 0 Å². The minimum Gasteiger partial charge on any atom is -0.460 e. The number of aliphatic hydroxyl groups excluding tert-OH is 1. The molecule has 3 unspecified atom stereocenters. The first kappa shape index (κ1) is 13.9. The second-order valence-electron chi connectivity index (χ2n) is 4.79. The molecule has 1 aliphatic carbocycles. The maximum absolute atomic E-state index is 11.3. The van der Waals surface area contributed by atoms with Crippen molar-refractivity contribution in [1.29, 1.82) is 0 Å². The molecule has 0 radical (unpaired) electrons. The van der Waals surface area contributed by atoms with Crippen LogP contribution in [-0.4, -0.2) is 29.6 Å². The van der Waals surface area contributed by atoms with Gasteiger partial charge in [-0.2, -0.15) is 0 Å². The number of allylic oxidation sites excluding steroid dienone is 1. The number of carbonyl (C=O) groups excluding carboxylic acids is 2. The first-order valence-electron chi connectivity index (χ1n) is 6.05. The molecule has 0 aliphatic heterocycles. The third-order valence-electron chi connectivity index (χ3n) is 2.93. The second-order valence-corrected chi connectivity index (χ2v) is 4.79. The maximum Gasteiger partial charge on any atom is 0.330 e. The topological polar surface area (TPSA) is 63.6 Å². The van der Waals surface area contributed by atoms with E-state index in [-0.39, 0.29) is 23.9 Å². The van der Waals surface area contributed by atoms with Gasteiger partial charge in [-0.15, -0.1) is 0 Å². The van der Waals surface area contributed by atoms with Crippen molar-refractivity contribution in [3.63, 3.8) is 0 Å². The average molecular weight is 240 g/mol. The fourth-order valence-corrected chi connectivity index (χ4v) is 2.03. The van der Waals surface area contributed by atoms with E-state index >= 15 is 0 Å². The Morgan fingerprint density at radius 3 is 2.71 bits per heavy atom. The Morgan fingerprint density at radius 1 is 1.41 bits per heavy atom. The quantitative estimate of drug-likeness (QED) is 0.459. The highest BCUT2D eigenvalue weighted by Crippen LogP contribution is 2.29. The summed E-state index contributed by atoms with van der Waals surface area (Å²) in [6, 6.07) is 0. The zero-order valence-corrected chi connectivity index (χ0v) is 10.3. The molecule has 1 rings (SSSR count). The summed E-state index contributed by atoms with van der Waals surface area (Å²) in [5.41, 5.74) is 0. The van der Waals surface area contributed by atoms with E-state index in [9.17, 15) is 14.7 Å². The van der Waals surface area contributed by atoms with E-state index in [1.165, 1.54) is 6.08 Å². The highest BCUT2D eigenvalue weighted by Gasteiger charge is 2.27. The molecule has 96 valence electrons. The van der Waals surface area contributed by atoms with Crippen molar-refractivity contribution in [3.8, 4) is 0 Å². The summed E-state index contributed by atoms with van der Waals surface area (Å²) in [5, 5.41) is 9.54. The molecule has 0 bridgehead atoms. The monoisotopic (exact) mass is 240 g/mol. The van der Waals surface area contributed by atoms with Crippen molar-refractivity contribution >= 4 is 12.3 Å². The van der Waals surface area contributed by atoms with Crippen LogP contribution in [0, 0.1) is 11.8 Å². The van der Waals surface area contributed by atoms with Crippen LogP contribution < -0.4 is 0 Å². The van der Waals surface area contributed by atoms with Gasteiger partial charge in [-0.25, -0.2) is 4.79 Å². The van der Waals surface area contributed by atoms with Gasteiger partial charge in [0.05, 0.1) is 12.2 Å². The Morgan fingerprint density at radius 2 is 2.12 bits per heavy atom. The van der Waals surface area contributed by atoms with Crippen molar-refractivity contribution in [2.24, 2.45) is 11.8 Å². The number of aliphatic hydroxyl groups is 1. The Kier molecular flexibility index (Phi) is 5.35. The van der Waals surface area contributed by atoms with Crippen LogP contribution in [0.25, 0.3) is 0 Å². The molecule has 4 heteroatoms. The molecule has 0 saturated heterocycles. The highest BCUT2D eigenvalue weighted by atomic mass is 16.5. The minimum atomic E-state index is -0.528. The largest absolute Gasteiger partial charge is 0.460 e. The molecule has 0 spiro atoms. The minimum absolute atomic E-state index is 0.122. The Bertz CT molecular complexity index is 296. The van der Waals surface area contributed by atoms with Gasteiger partial charge in [-0.05, 0) is 39.0 Å². The molecule has 1 N–H and O–H groups in total. The number of esters is 1. The number of aldehydes is 1. The average Bonchev–Trinajstić information content (AvgIpc) is 2.27. The van der Waals surface area contributed by atoms with Gasteiger partial charge in [0, 0.05) is 12.0 Å². The summed E-state index contributed by atoms with van der Waals surface area (Å²) < 4.78 is 4.97. The lowest BCUT2D eigenvalue weighted by molar-refractivity contribution is -0.141. The smallest absolute Gasteiger partial charge is 0.330 e. The Labute approximate surface area is 102 Å². The summed E-state index contributed by atoms with van der Waals surface area (Å²) >= 11 is 0. The lowest BCUT2D eigenvalue weighted by atomic mass is 9.80. The molecular formula is C13H20O4. The molecule has 0 aromatic carbocycles. The molecule has 1 fully saturated rings. The summed E-state index contributed by atoms with van der Waals surface area (Å²) in [6.07, 6.45) is 5.38. The van der Waals surface area contributed by atoms with Crippen molar-refractivity contribution in [3.05, 3.63) is 12.2 Å². The Balaban J connectivity index is 2.44. The van der Waals surface area contributed by atoms with E-state index in [0.717, 1.165) is 12.7 Å².